The Morgan fingerprint density at radius 2 is 2.24 bits per heavy atom. The molecule has 0 saturated carbocycles. The number of hydroxylamine groups is 1. The van der Waals surface area contributed by atoms with Gasteiger partial charge in [-0.15, -0.1) is 0 Å². The van der Waals surface area contributed by atoms with E-state index in [2.05, 4.69) is 10.5 Å². The van der Waals surface area contributed by atoms with Crippen molar-refractivity contribution >= 4 is 34.9 Å². The van der Waals surface area contributed by atoms with Crippen molar-refractivity contribution in [1.29, 1.82) is 0 Å². The Hall–Kier alpha value is -2.47. The summed E-state index contributed by atoms with van der Waals surface area (Å²) in [6.07, 6.45) is 7.27. The standard InChI is InChI=1S/C22H26FN5O4S/c1-26-5-7-33-22(26)28-9-14(12-29)19(30)17-8-18(23)21(24-20(17)28)27-10-15(11-27)25-32-13-16-4-2-3-6-31-16/h5,7-9,12,15-16,22,25H,2-4,6,10-11,13H2,1H3/t16-,22?/m0/s1. The lowest BCUT2D eigenvalue weighted by Gasteiger charge is -2.40. The molecule has 176 valence electrons. The van der Waals surface area contributed by atoms with Crippen LogP contribution < -0.4 is 15.8 Å². The number of hydrogen-bond donors (Lipinski definition) is 1. The topological polar surface area (TPSA) is 88.9 Å². The van der Waals surface area contributed by atoms with E-state index in [0.717, 1.165) is 25.9 Å². The smallest absolute Gasteiger partial charge is 0.201 e. The number of aromatic nitrogens is 2. The largest absolute Gasteiger partial charge is 0.376 e. The summed E-state index contributed by atoms with van der Waals surface area (Å²) < 4.78 is 22.4. The molecule has 3 aliphatic rings. The number of anilines is 1. The predicted molar refractivity (Wildman–Crippen MR) is 124 cm³/mol. The molecule has 0 bridgehead atoms. The van der Waals surface area contributed by atoms with Crippen molar-refractivity contribution < 1.29 is 18.8 Å². The molecule has 0 spiro atoms. The number of ether oxygens (including phenoxy) is 1. The van der Waals surface area contributed by atoms with E-state index in [0.29, 0.717) is 31.6 Å². The van der Waals surface area contributed by atoms with Crippen LogP contribution in [-0.2, 0) is 9.57 Å². The molecular formula is C22H26FN5O4S. The Morgan fingerprint density at radius 1 is 1.39 bits per heavy atom. The fourth-order valence-corrected chi connectivity index (χ4v) is 5.25. The zero-order valence-electron chi connectivity index (χ0n) is 18.3. The number of rotatable bonds is 7. The van der Waals surface area contributed by atoms with E-state index >= 15 is 0 Å². The summed E-state index contributed by atoms with van der Waals surface area (Å²) in [6.45, 7) is 2.32. The number of nitrogens with one attached hydrogen (secondary N) is 1. The molecule has 2 saturated heterocycles. The van der Waals surface area contributed by atoms with Crippen LogP contribution in [0.2, 0.25) is 0 Å². The van der Waals surface area contributed by atoms with Crippen molar-refractivity contribution in [2.45, 2.75) is 36.9 Å². The van der Waals surface area contributed by atoms with Gasteiger partial charge in [-0.25, -0.2) is 9.37 Å². The minimum Gasteiger partial charge on any atom is -0.376 e. The van der Waals surface area contributed by atoms with E-state index in [9.17, 15) is 14.0 Å². The predicted octanol–water partition coefficient (Wildman–Crippen LogP) is 2.23. The Morgan fingerprint density at radius 3 is 2.94 bits per heavy atom. The van der Waals surface area contributed by atoms with Crippen molar-refractivity contribution in [2.75, 3.05) is 38.3 Å². The van der Waals surface area contributed by atoms with E-state index in [1.54, 1.807) is 9.47 Å². The second kappa shape index (κ2) is 9.41. The number of hydrogen-bond acceptors (Lipinski definition) is 9. The molecule has 0 aliphatic carbocycles. The maximum atomic E-state index is 15.0. The van der Waals surface area contributed by atoms with Crippen LogP contribution in [0.1, 0.15) is 35.1 Å². The van der Waals surface area contributed by atoms with Gasteiger partial charge in [-0.05, 0) is 30.7 Å². The van der Waals surface area contributed by atoms with Gasteiger partial charge in [0.2, 0.25) is 5.43 Å². The van der Waals surface area contributed by atoms with Gasteiger partial charge in [-0.1, -0.05) is 11.8 Å². The van der Waals surface area contributed by atoms with Gasteiger partial charge in [0.15, 0.2) is 23.4 Å². The summed E-state index contributed by atoms with van der Waals surface area (Å²) in [5, 5.41) is 2.01. The Bertz CT molecular complexity index is 1130. The summed E-state index contributed by atoms with van der Waals surface area (Å²) in [5.41, 5.74) is 2.60. The van der Waals surface area contributed by atoms with Crippen LogP contribution in [0.15, 0.2) is 28.7 Å². The maximum absolute atomic E-state index is 15.0. The highest BCUT2D eigenvalue weighted by Gasteiger charge is 2.32. The van der Waals surface area contributed by atoms with E-state index in [4.69, 9.17) is 9.57 Å². The van der Waals surface area contributed by atoms with Gasteiger partial charge >= 0.3 is 0 Å². The quantitative estimate of drug-likeness (QED) is 0.478. The van der Waals surface area contributed by atoms with E-state index < -0.39 is 11.2 Å². The van der Waals surface area contributed by atoms with Crippen LogP contribution in [0.4, 0.5) is 10.2 Å². The van der Waals surface area contributed by atoms with Crippen molar-refractivity contribution in [2.24, 2.45) is 0 Å². The molecule has 9 nitrogen and oxygen atoms in total. The van der Waals surface area contributed by atoms with Gasteiger partial charge in [0, 0.05) is 39.1 Å². The number of halogens is 1. The second-order valence-electron chi connectivity index (χ2n) is 8.54. The fourth-order valence-electron chi connectivity index (χ4n) is 4.29. The molecule has 5 rings (SSSR count). The van der Waals surface area contributed by atoms with Crippen LogP contribution in [0.5, 0.6) is 0 Å². The lowest BCUT2D eigenvalue weighted by Crippen LogP contribution is -2.58. The number of fused-ring (bicyclic) bond motifs is 1. The average molecular weight is 476 g/mol. The van der Waals surface area contributed by atoms with E-state index in [1.165, 1.54) is 24.0 Å². The average Bonchev–Trinajstić information content (AvgIpc) is 3.22. The molecule has 1 unspecified atom stereocenters. The normalized spacial score (nSPS) is 23.3. The molecule has 33 heavy (non-hydrogen) atoms. The molecule has 2 fully saturated rings. The van der Waals surface area contributed by atoms with Gasteiger partial charge < -0.3 is 19.1 Å². The molecule has 0 aromatic carbocycles. The van der Waals surface area contributed by atoms with Gasteiger partial charge in [-0.3, -0.25) is 14.4 Å². The summed E-state index contributed by atoms with van der Waals surface area (Å²) in [5.74, 6) is -0.406. The van der Waals surface area contributed by atoms with E-state index in [-0.39, 0.29) is 34.4 Å². The van der Waals surface area contributed by atoms with Gasteiger partial charge in [0.1, 0.15) is 5.65 Å². The lowest BCUT2D eigenvalue weighted by atomic mass is 10.1. The first-order valence-electron chi connectivity index (χ1n) is 11.0. The van der Waals surface area contributed by atoms with E-state index in [1.807, 2.05) is 23.6 Å². The molecule has 1 N–H and O–H groups in total. The van der Waals surface area contributed by atoms with Crippen LogP contribution in [0.25, 0.3) is 11.0 Å². The molecule has 2 aromatic heterocycles. The maximum Gasteiger partial charge on any atom is 0.201 e. The zero-order chi connectivity index (χ0) is 22.9. The molecule has 2 atom stereocenters. The van der Waals surface area contributed by atoms with Crippen LogP contribution >= 0.6 is 11.8 Å². The number of aldehydes is 1. The highest BCUT2D eigenvalue weighted by atomic mass is 32.2. The third-order valence-corrected chi connectivity index (χ3v) is 7.23. The number of nitrogens with zero attached hydrogens (tertiary/aromatic N) is 4. The second-order valence-corrected chi connectivity index (χ2v) is 9.50. The monoisotopic (exact) mass is 475 g/mol. The Kier molecular flexibility index (Phi) is 6.37. The van der Waals surface area contributed by atoms with Gasteiger partial charge in [0.05, 0.1) is 29.7 Å². The molecule has 0 radical (unpaired) electrons. The summed E-state index contributed by atoms with van der Waals surface area (Å²) in [6, 6.07) is 1.24. The molecular weight excluding hydrogens is 449 g/mol. The minimum atomic E-state index is -0.588. The van der Waals surface area contributed by atoms with Gasteiger partial charge in [-0.2, -0.15) is 5.48 Å². The van der Waals surface area contributed by atoms with Crippen molar-refractivity contribution in [3.05, 3.63) is 45.5 Å². The first kappa shape index (κ1) is 22.3. The SMILES string of the molecule is CN1C=CSC1n1cc(C=O)c(=O)c2cc(F)c(N3CC(NOC[C@@H]4CCCCO4)C3)nc21. The van der Waals surface area contributed by atoms with Crippen molar-refractivity contribution in [3.8, 4) is 0 Å². The lowest BCUT2D eigenvalue weighted by molar-refractivity contribution is -0.0799. The molecule has 3 aliphatic heterocycles. The van der Waals surface area contributed by atoms with Crippen molar-refractivity contribution in [1.82, 2.24) is 19.9 Å². The number of carbonyl (C=O) groups is 1. The van der Waals surface area contributed by atoms with Crippen LogP contribution in [0, 0.1) is 5.82 Å². The third kappa shape index (κ3) is 4.37. The zero-order valence-corrected chi connectivity index (χ0v) is 19.1. The Balaban J connectivity index is 1.33. The summed E-state index contributed by atoms with van der Waals surface area (Å²) in [7, 11) is 1.89. The van der Waals surface area contributed by atoms with Crippen molar-refractivity contribution in [3.63, 3.8) is 0 Å². The van der Waals surface area contributed by atoms with Gasteiger partial charge in [0.25, 0.3) is 0 Å². The molecule has 2 aromatic rings. The Labute approximate surface area is 194 Å². The third-order valence-electron chi connectivity index (χ3n) is 6.15. The summed E-state index contributed by atoms with van der Waals surface area (Å²) in [4.78, 5) is 38.0. The minimum absolute atomic E-state index is 0.0235. The number of thioether (sulfide) groups is 1. The first-order valence-corrected chi connectivity index (χ1v) is 12.0. The highest BCUT2D eigenvalue weighted by Crippen LogP contribution is 2.35. The fraction of sp³-hybridized carbons (Fsp3) is 0.500. The van der Waals surface area contributed by atoms with Crippen LogP contribution in [-0.4, -0.2) is 66.2 Å². The molecule has 11 heteroatoms. The highest BCUT2D eigenvalue weighted by molar-refractivity contribution is 8.02. The molecule has 0 amide bonds. The summed E-state index contributed by atoms with van der Waals surface area (Å²) >= 11 is 1.51. The number of pyridine rings is 2. The first-order chi connectivity index (χ1) is 16.0. The number of carbonyl (C=O) groups excluding carboxylic acids is 1. The molecule has 5 heterocycles. The van der Waals surface area contributed by atoms with Crippen LogP contribution in [0.3, 0.4) is 0 Å².